The normalized spacial score (nSPS) is 13.5. The van der Waals surface area contributed by atoms with Gasteiger partial charge in [-0.25, -0.2) is 8.42 Å². The quantitative estimate of drug-likeness (QED) is 0.436. The first-order valence-electron chi connectivity index (χ1n) is 11.8. The van der Waals surface area contributed by atoms with Crippen LogP contribution in [0.1, 0.15) is 24.0 Å². The van der Waals surface area contributed by atoms with Gasteiger partial charge in [0.15, 0.2) is 0 Å². The number of hydrogen-bond donors (Lipinski definition) is 1. The lowest BCUT2D eigenvalue weighted by Gasteiger charge is -2.25. The number of aryl methyl sites for hydroxylation is 1. The Balaban J connectivity index is 1.55. The summed E-state index contributed by atoms with van der Waals surface area (Å²) in [6, 6.07) is 18.3. The van der Waals surface area contributed by atoms with Crippen LogP contribution in [-0.4, -0.2) is 40.4 Å². The number of sulfonamides is 1. The van der Waals surface area contributed by atoms with E-state index in [1.807, 2.05) is 31.2 Å². The smallest absolute Gasteiger partial charge is 0.264 e. The molecule has 194 valence electrons. The van der Waals surface area contributed by atoms with E-state index in [0.717, 1.165) is 27.5 Å². The lowest BCUT2D eigenvalue weighted by Crippen LogP contribution is -2.40. The van der Waals surface area contributed by atoms with Crippen molar-refractivity contribution in [3.05, 3.63) is 82.9 Å². The average Bonchev–Trinajstić information content (AvgIpc) is 3.32. The van der Waals surface area contributed by atoms with Gasteiger partial charge in [-0.2, -0.15) is 0 Å². The van der Waals surface area contributed by atoms with Gasteiger partial charge >= 0.3 is 0 Å². The highest BCUT2D eigenvalue weighted by molar-refractivity contribution is 7.92. The van der Waals surface area contributed by atoms with E-state index in [-0.39, 0.29) is 28.1 Å². The minimum Gasteiger partial charge on any atom is -0.495 e. The first-order valence-corrected chi connectivity index (χ1v) is 13.6. The van der Waals surface area contributed by atoms with Crippen LogP contribution in [-0.2, 0) is 26.2 Å². The molecule has 0 radical (unpaired) electrons. The van der Waals surface area contributed by atoms with Gasteiger partial charge in [0.1, 0.15) is 12.3 Å². The first-order chi connectivity index (χ1) is 17.7. The number of nitrogens with one attached hydrogen (secondary N) is 1. The van der Waals surface area contributed by atoms with Crippen molar-refractivity contribution < 1.29 is 22.7 Å². The van der Waals surface area contributed by atoms with Crippen LogP contribution < -0.4 is 19.3 Å². The van der Waals surface area contributed by atoms with Crippen molar-refractivity contribution in [2.75, 3.05) is 29.4 Å². The number of hydrogen-bond acceptors (Lipinski definition) is 5. The second-order valence-electron chi connectivity index (χ2n) is 8.74. The van der Waals surface area contributed by atoms with Crippen LogP contribution in [0.5, 0.6) is 5.75 Å². The van der Waals surface area contributed by atoms with Crippen LogP contribution in [0, 0.1) is 6.92 Å². The van der Waals surface area contributed by atoms with Crippen LogP contribution in [0.4, 0.5) is 11.4 Å². The molecular weight excluding hydrogens is 514 g/mol. The summed E-state index contributed by atoms with van der Waals surface area (Å²) in [7, 11) is -2.62. The standard InChI is InChI=1S/C27H28ClN3O5S/c1-19-8-11-23(12-9-19)37(34,35)31(22-10-13-25(36-2)24(28)16-22)18-26(32)29-17-20-5-3-6-21(15-20)30-14-4-7-27(30)33/h3,5-6,8-13,15-16H,4,7,14,17-18H2,1-2H3,(H,29,32). The molecule has 37 heavy (non-hydrogen) atoms. The Morgan fingerprint density at radius 1 is 1.11 bits per heavy atom. The van der Waals surface area contributed by atoms with Gasteiger partial charge in [0, 0.05) is 25.2 Å². The maximum Gasteiger partial charge on any atom is 0.264 e. The summed E-state index contributed by atoms with van der Waals surface area (Å²) in [6.07, 6.45) is 1.35. The third kappa shape index (κ3) is 6.06. The molecular formula is C27H28ClN3O5S. The topological polar surface area (TPSA) is 96.0 Å². The second kappa shape index (κ2) is 11.2. The fourth-order valence-corrected chi connectivity index (χ4v) is 5.77. The zero-order valence-corrected chi connectivity index (χ0v) is 22.2. The summed E-state index contributed by atoms with van der Waals surface area (Å²) < 4.78 is 33.4. The van der Waals surface area contributed by atoms with E-state index < -0.39 is 22.5 Å². The Kier molecular flexibility index (Phi) is 8.04. The van der Waals surface area contributed by atoms with E-state index in [1.165, 1.54) is 25.3 Å². The molecule has 0 saturated carbocycles. The van der Waals surface area contributed by atoms with E-state index in [1.54, 1.807) is 29.2 Å². The molecule has 0 aromatic heterocycles. The maximum atomic E-state index is 13.6. The number of anilines is 2. The third-order valence-corrected chi connectivity index (χ3v) is 8.19. The number of amides is 2. The molecule has 1 aliphatic heterocycles. The molecule has 4 rings (SSSR count). The molecule has 0 atom stereocenters. The minimum absolute atomic E-state index is 0.0563. The highest BCUT2D eigenvalue weighted by Gasteiger charge is 2.28. The van der Waals surface area contributed by atoms with Gasteiger partial charge in [0.2, 0.25) is 11.8 Å². The van der Waals surface area contributed by atoms with Gasteiger partial charge in [-0.3, -0.25) is 13.9 Å². The minimum atomic E-state index is -4.08. The molecule has 2 amide bonds. The largest absolute Gasteiger partial charge is 0.495 e. The summed E-state index contributed by atoms with van der Waals surface area (Å²) in [4.78, 5) is 26.9. The third-order valence-electron chi connectivity index (χ3n) is 6.10. The highest BCUT2D eigenvalue weighted by Crippen LogP contribution is 2.32. The number of benzene rings is 3. The second-order valence-corrected chi connectivity index (χ2v) is 11.0. The lowest BCUT2D eigenvalue weighted by atomic mass is 10.2. The molecule has 0 aliphatic carbocycles. The van der Waals surface area contributed by atoms with Crippen LogP contribution in [0.25, 0.3) is 0 Å². The van der Waals surface area contributed by atoms with Gasteiger partial charge in [0.25, 0.3) is 10.0 Å². The first kappa shape index (κ1) is 26.5. The zero-order chi connectivity index (χ0) is 26.6. The molecule has 8 nitrogen and oxygen atoms in total. The van der Waals surface area contributed by atoms with Gasteiger partial charge in [-0.05, 0) is 61.4 Å². The van der Waals surface area contributed by atoms with E-state index in [4.69, 9.17) is 16.3 Å². The van der Waals surface area contributed by atoms with Crippen molar-refractivity contribution in [3.8, 4) is 5.75 Å². The predicted molar refractivity (Wildman–Crippen MR) is 144 cm³/mol. The highest BCUT2D eigenvalue weighted by atomic mass is 35.5. The Morgan fingerprint density at radius 3 is 2.51 bits per heavy atom. The van der Waals surface area contributed by atoms with Crippen LogP contribution in [0.3, 0.4) is 0 Å². The SMILES string of the molecule is COc1ccc(N(CC(=O)NCc2cccc(N3CCCC3=O)c2)S(=O)(=O)c2ccc(C)cc2)cc1Cl. The van der Waals surface area contributed by atoms with Crippen LogP contribution in [0.15, 0.2) is 71.6 Å². The lowest BCUT2D eigenvalue weighted by molar-refractivity contribution is -0.120. The Bertz CT molecular complexity index is 1410. The summed E-state index contributed by atoms with van der Waals surface area (Å²) in [5, 5.41) is 3.01. The monoisotopic (exact) mass is 541 g/mol. The molecule has 1 fully saturated rings. The number of carbonyl (C=O) groups is 2. The average molecular weight is 542 g/mol. The van der Waals surface area contributed by atoms with Gasteiger partial charge in [-0.1, -0.05) is 41.4 Å². The Labute approximate surface area is 221 Å². The number of carbonyl (C=O) groups excluding carboxylic acids is 2. The van der Waals surface area contributed by atoms with Crippen molar-refractivity contribution in [2.24, 2.45) is 0 Å². The number of methoxy groups -OCH3 is 1. The predicted octanol–water partition coefficient (Wildman–Crippen LogP) is 4.30. The summed E-state index contributed by atoms with van der Waals surface area (Å²) in [6.45, 7) is 2.25. The number of ether oxygens (including phenoxy) is 1. The van der Waals surface area contributed by atoms with Crippen LogP contribution in [0.2, 0.25) is 5.02 Å². The van der Waals surface area contributed by atoms with Crippen molar-refractivity contribution >= 4 is 44.8 Å². The van der Waals surface area contributed by atoms with E-state index >= 15 is 0 Å². The summed E-state index contributed by atoms with van der Waals surface area (Å²) >= 11 is 6.27. The summed E-state index contributed by atoms with van der Waals surface area (Å²) in [5.41, 5.74) is 2.72. The molecule has 3 aromatic rings. The maximum absolute atomic E-state index is 13.6. The van der Waals surface area contributed by atoms with Gasteiger partial charge in [0.05, 0.1) is 22.7 Å². The Morgan fingerprint density at radius 2 is 1.86 bits per heavy atom. The zero-order valence-electron chi connectivity index (χ0n) is 20.6. The van der Waals surface area contributed by atoms with Gasteiger partial charge < -0.3 is 15.0 Å². The summed E-state index contributed by atoms with van der Waals surface area (Å²) in [5.74, 6) is -0.0273. The number of nitrogens with zero attached hydrogens (tertiary/aromatic N) is 2. The van der Waals surface area contributed by atoms with Gasteiger partial charge in [-0.15, -0.1) is 0 Å². The number of rotatable bonds is 9. The van der Waals surface area contributed by atoms with E-state index in [0.29, 0.717) is 18.7 Å². The molecule has 3 aromatic carbocycles. The van der Waals surface area contributed by atoms with E-state index in [2.05, 4.69) is 5.32 Å². The fourth-order valence-electron chi connectivity index (χ4n) is 4.11. The molecule has 0 unspecified atom stereocenters. The molecule has 1 heterocycles. The van der Waals surface area contributed by atoms with Crippen molar-refractivity contribution in [2.45, 2.75) is 31.2 Å². The van der Waals surface area contributed by atoms with Crippen molar-refractivity contribution in [1.29, 1.82) is 0 Å². The van der Waals surface area contributed by atoms with E-state index in [9.17, 15) is 18.0 Å². The van der Waals surface area contributed by atoms with Crippen molar-refractivity contribution in [3.63, 3.8) is 0 Å². The molecule has 10 heteroatoms. The molecule has 0 spiro atoms. The molecule has 1 aliphatic rings. The number of halogens is 1. The van der Waals surface area contributed by atoms with Crippen LogP contribution >= 0.6 is 11.6 Å². The molecule has 1 N–H and O–H groups in total. The molecule has 1 saturated heterocycles. The Hall–Kier alpha value is -3.56. The fraction of sp³-hybridized carbons (Fsp3) is 0.259. The van der Waals surface area contributed by atoms with Crippen molar-refractivity contribution in [1.82, 2.24) is 5.32 Å². The molecule has 0 bridgehead atoms.